The maximum atomic E-state index is 14.5. The van der Waals surface area contributed by atoms with E-state index in [1.165, 1.54) is 11.3 Å². The number of aromatic nitrogens is 1. The molecule has 0 radical (unpaired) electrons. The number of fused-ring (bicyclic) bond motifs is 1. The number of hydrogen-bond acceptors (Lipinski definition) is 8. The van der Waals surface area contributed by atoms with Crippen LogP contribution >= 0.6 is 49.9 Å². The van der Waals surface area contributed by atoms with E-state index in [2.05, 4.69) is 44.6 Å². The molecular weight excluding hydrogens is 817 g/mol. The van der Waals surface area contributed by atoms with Gasteiger partial charge in [-0.15, -0.1) is 0 Å². The third-order valence-corrected chi connectivity index (χ3v) is 9.91. The minimum atomic E-state index is -0.807. The van der Waals surface area contributed by atoms with Crippen molar-refractivity contribution < 1.29 is 19.0 Å². The van der Waals surface area contributed by atoms with Crippen LogP contribution in [0, 0.1) is 14.9 Å². The minimum absolute atomic E-state index is 0.164. The Bertz CT molecular complexity index is 2280. The van der Waals surface area contributed by atoms with Crippen molar-refractivity contribution in [3.8, 4) is 17.6 Å². The molecule has 6 rings (SSSR count). The lowest BCUT2D eigenvalue weighted by Crippen LogP contribution is -2.40. The summed E-state index contributed by atoms with van der Waals surface area (Å²) in [6, 6.07) is 29.2. The molecule has 4 aromatic carbocycles. The Morgan fingerprint density at radius 1 is 1.02 bits per heavy atom. The average Bonchev–Trinajstić information content (AvgIpc) is 3.42. The molecule has 0 unspecified atom stereocenters. The van der Waals surface area contributed by atoms with E-state index in [0.717, 1.165) is 19.2 Å². The van der Waals surface area contributed by atoms with Crippen molar-refractivity contribution in [2.75, 3.05) is 13.2 Å². The van der Waals surface area contributed by atoms with Crippen LogP contribution < -0.4 is 24.4 Å². The summed E-state index contributed by atoms with van der Waals surface area (Å²) in [6.45, 7) is 4.61. The van der Waals surface area contributed by atoms with Crippen molar-refractivity contribution in [2.24, 2.45) is 4.99 Å². The third kappa shape index (κ3) is 7.41. The maximum absolute atomic E-state index is 14.5. The van der Waals surface area contributed by atoms with E-state index in [-0.39, 0.29) is 24.3 Å². The van der Waals surface area contributed by atoms with Crippen molar-refractivity contribution in [1.82, 2.24) is 4.57 Å². The number of nitriles is 1. The van der Waals surface area contributed by atoms with Gasteiger partial charge in [-0.1, -0.05) is 81.9 Å². The number of hydrogen-bond donors (Lipinski definition) is 0. The van der Waals surface area contributed by atoms with E-state index in [9.17, 15) is 9.59 Å². The van der Waals surface area contributed by atoms with Gasteiger partial charge >= 0.3 is 5.97 Å². The Hall–Kier alpha value is -4.51. The van der Waals surface area contributed by atoms with Gasteiger partial charge in [0.25, 0.3) is 5.56 Å². The van der Waals surface area contributed by atoms with Crippen molar-refractivity contribution in [3.05, 3.63) is 152 Å². The predicted octanol–water partition coefficient (Wildman–Crippen LogP) is 7.15. The molecular formula is C38H29BrIN3O5S. The molecule has 0 N–H and O–H groups in total. The highest BCUT2D eigenvalue weighted by Gasteiger charge is 2.35. The SMILES string of the molecule is CCOC(=O)C1=C(c2ccccc2)N=c2s/c(=C\c3cc(Br)cc(I)c3OCc3ccc(C#N)cc3)c(=O)n2[C@@H]1c1ccc(OCC)cc1. The summed E-state index contributed by atoms with van der Waals surface area (Å²) < 4.78 is 21.3. The summed E-state index contributed by atoms with van der Waals surface area (Å²) in [5.41, 5.74) is 4.05. The molecule has 1 atom stereocenters. The highest BCUT2D eigenvalue weighted by atomic mass is 127. The second-order valence-corrected chi connectivity index (χ2v) is 13.9. The molecule has 5 aromatic rings. The molecule has 0 fully saturated rings. The summed E-state index contributed by atoms with van der Waals surface area (Å²) in [7, 11) is 0. The molecule has 8 nitrogen and oxygen atoms in total. The summed E-state index contributed by atoms with van der Waals surface area (Å²) in [5, 5.41) is 9.15. The monoisotopic (exact) mass is 845 g/mol. The van der Waals surface area contributed by atoms with E-state index in [1.807, 2.05) is 85.8 Å². The normalized spacial score (nSPS) is 14.1. The van der Waals surface area contributed by atoms with Gasteiger partial charge < -0.3 is 14.2 Å². The molecule has 0 bridgehead atoms. The highest BCUT2D eigenvalue weighted by molar-refractivity contribution is 14.1. The first kappa shape index (κ1) is 34.4. The number of nitrogens with zero attached hydrogens (tertiary/aromatic N) is 3. The summed E-state index contributed by atoms with van der Waals surface area (Å²) in [5.74, 6) is 0.749. The fraction of sp³-hybridized carbons (Fsp3) is 0.158. The van der Waals surface area contributed by atoms with Crippen LogP contribution in [0.2, 0.25) is 0 Å². The third-order valence-electron chi connectivity index (χ3n) is 7.67. The van der Waals surface area contributed by atoms with E-state index in [1.54, 1.807) is 29.7 Å². The lowest BCUT2D eigenvalue weighted by atomic mass is 9.93. The van der Waals surface area contributed by atoms with E-state index < -0.39 is 12.0 Å². The van der Waals surface area contributed by atoms with Gasteiger partial charge in [-0.2, -0.15) is 5.26 Å². The number of carbonyl (C=O) groups is 1. The Morgan fingerprint density at radius 3 is 2.43 bits per heavy atom. The van der Waals surface area contributed by atoms with Crippen LogP contribution in [-0.2, 0) is 16.1 Å². The molecule has 1 aliphatic heterocycles. The minimum Gasteiger partial charge on any atom is -0.494 e. The Balaban J connectivity index is 1.53. The number of carbonyl (C=O) groups excluding carboxylic acids is 1. The first-order valence-electron chi connectivity index (χ1n) is 15.4. The zero-order valence-corrected chi connectivity index (χ0v) is 31.0. The van der Waals surface area contributed by atoms with Gasteiger partial charge in [-0.05, 0) is 90.0 Å². The number of thiazole rings is 1. The molecule has 0 aliphatic carbocycles. The van der Waals surface area contributed by atoms with E-state index in [0.29, 0.717) is 49.8 Å². The quantitative estimate of drug-likeness (QED) is 0.109. The van der Waals surface area contributed by atoms with Crippen LogP contribution in [0.1, 0.15) is 47.7 Å². The first-order valence-corrected chi connectivity index (χ1v) is 18.1. The van der Waals surface area contributed by atoms with Gasteiger partial charge in [-0.25, -0.2) is 9.79 Å². The van der Waals surface area contributed by atoms with Gasteiger partial charge in [0.1, 0.15) is 18.1 Å². The summed E-state index contributed by atoms with van der Waals surface area (Å²) in [4.78, 5) is 33.6. The molecule has 1 aliphatic rings. The predicted molar refractivity (Wildman–Crippen MR) is 201 cm³/mol. The number of esters is 1. The molecule has 246 valence electrons. The van der Waals surface area contributed by atoms with Crippen LogP contribution in [0.15, 0.2) is 111 Å². The first-order chi connectivity index (χ1) is 23.8. The van der Waals surface area contributed by atoms with Crippen molar-refractivity contribution in [1.29, 1.82) is 5.26 Å². The van der Waals surface area contributed by atoms with Gasteiger partial charge in [-0.3, -0.25) is 9.36 Å². The largest absolute Gasteiger partial charge is 0.494 e. The Labute approximate surface area is 308 Å². The Kier molecular flexibility index (Phi) is 10.8. The maximum Gasteiger partial charge on any atom is 0.338 e. The lowest BCUT2D eigenvalue weighted by molar-refractivity contribution is -0.138. The van der Waals surface area contributed by atoms with Gasteiger partial charge in [0.15, 0.2) is 4.80 Å². The summed E-state index contributed by atoms with van der Waals surface area (Å²) >= 11 is 7.06. The molecule has 2 heterocycles. The molecule has 0 spiro atoms. The van der Waals surface area contributed by atoms with E-state index in [4.69, 9.17) is 24.5 Å². The van der Waals surface area contributed by atoms with Gasteiger partial charge in [0, 0.05) is 15.6 Å². The average molecular weight is 847 g/mol. The number of halogens is 2. The summed E-state index contributed by atoms with van der Waals surface area (Å²) in [6.07, 6.45) is 1.80. The number of benzene rings is 4. The standard InChI is InChI=1S/C38H29BrIN3O5S/c1-3-46-29-16-14-26(15-17-29)34-32(37(45)47-4-2)33(25-8-6-5-7-9-25)42-38-43(34)36(44)31(49-38)19-27-18-28(39)20-30(40)35(27)48-22-24-12-10-23(21-41)11-13-24/h5-20,34H,3-4,22H2,1-2H3/b31-19-/t34-/m1/s1. The smallest absolute Gasteiger partial charge is 0.338 e. The van der Waals surface area contributed by atoms with Crippen LogP contribution in [0.4, 0.5) is 0 Å². The van der Waals surface area contributed by atoms with E-state index >= 15 is 0 Å². The van der Waals surface area contributed by atoms with Gasteiger partial charge in [0.05, 0.1) is 50.3 Å². The molecule has 0 saturated carbocycles. The molecule has 11 heteroatoms. The molecule has 1 aromatic heterocycles. The van der Waals surface area contributed by atoms with Crippen molar-refractivity contribution in [2.45, 2.75) is 26.5 Å². The molecule has 0 saturated heterocycles. The number of rotatable bonds is 10. The fourth-order valence-corrected chi connectivity index (χ4v) is 8.18. The second-order valence-electron chi connectivity index (χ2n) is 10.8. The van der Waals surface area contributed by atoms with Crippen LogP contribution in [0.5, 0.6) is 11.5 Å². The number of ether oxygens (including phenoxy) is 3. The van der Waals surface area contributed by atoms with Crippen LogP contribution in [0.3, 0.4) is 0 Å². The highest BCUT2D eigenvalue weighted by Crippen LogP contribution is 2.36. The second kappa shape index (κ2) is 15.4. The van der Waals surface area contributed by atoms with Crippen molar-refractivity contribution >= 4 is 67.6 Å². The topological polar surface area (TPSA) is 103 Å². The van der Waals surface area contributed by atoms with Crippen LogP contribution in [0.25, 0.3) is 11.8 Å². The van der Waals surface area contributed by atoms with Gasteiger partial charge in [0.2, 0.25) is 0 Å². The molecule has 49 heavy (non-hydrogen) atoms. The Morgan fingerprint density at radius 2 is 1.76 bits per heavy atom. The van der Waals surface area contributed by atoms with Crippen molar-refractivity contribution in [3.63, 3.8) is 0 Å². The zero-order valence-electron chi connectivity index (χ0n) is 26.5. The zero-order chi connectivity index (χ0) is 34.5. The lowest BCUT2D eigenvalue weighted by Gasteiger charge is -2.26. The molecule has 0 amide bonds. The van der Waals surface area contributed by atoms with Crippen LogP contribution in [-0.4, -0.2) is 23.8 Å². The fourth-order valence-electron chi connectivity index (χ4n) is 5.48.